The molecule has 0 fully saturated rings. The van der Waals surface area contributed by atoms with Crippen molar-refractivity contribution in [3.05, 3.63) is 60.2 Å². The van der Waals surface area contributed by atoms with Crippen LogP contribution in [0.15, 0.2) is 54.6 Å². The number of ether oxygens (including phenoxy) is 1. The fraction of sp³-hybridized carbons (Fsp3) is 0.158. The molecular weight excluding hydrogens is 323 g/mol. The third-order valence-electron chi connectivity index (χ3n) is 4.39. The molecule has 2 atom stereocenters. The highest BCUT2D eigenvalue weighted by molar-refractivity contribution is 7.38. The number of aliphatic hydroxyl groups excluding tert-OH is 1. The van der Waals surface area contributed by atoms with E-state index in [1.54, 1.807) is 0 Å². The molecule has 0 spiro atoms. The van der Waals surface area contributed by atoms with Gasteiger partial charge in [-0.1, -0.05) is 54.6 Å². The number of benzene rings is 4. The maximum atomic E-state index is 10.7. The van der Waals surface area contributed by atoms with Gasteiger partial charge in [0.25, 0.3) is 0 Å². The molecule has 0 aromatic heterocycles. The Hall–Kier alpha value is -2.10. The quantitative estimate of drug-likeness (QED) is 0.323. The molecular formula is C19H16O4P+. The summed E-state index contributed by atoms with van der Waals surface area (Å²) in [6, 6.07) is 18.3. The molecule has 24 heavy (non-hydrogen) atoms. The molecule has 0 aliphatic heterocycles. The molecule has 2 unspecified atom stereocenters. The van der Waals surface area contributed by atoms with Crippen LogP contribution in [0, 0.1) is 0 Å². The molecule has 0 heterocycles. The van der Waals surface area contributed by atoms with Crippen LogP contribution in [0.25, 0.3) is 32.3 Å². The summed E-state index contributed by atoms with van der Waals surface area (Å²) < 4.78 is 16.1. The van der Waals surface area contributed by atoms with Crippen molar-refractivity contribution >= 4 is 40.3 Å². The average Bonchev–Trinajstić information content (AvgIpc) is 2.59. The second-order valence-electron chi connectivity index (χ2n) is 5.81. The van der Waals surface area contributed by atoms with E-state index >= 15 is 0 Å². The van der Waals surface area contributed by atoms with E-state index in [1.165, 1.54) is 5.39 Å². The largest absolute Gasteiger partial charge is 0.507 e. The van der Waals surface area contributed by atoms with Gasteiger partial charge in [-0.3, -0.25) is 0 Å². The van der Waals surface area contributed by atoms with Crippen LogP contribution in [0.3, 0.4) is 0 Å². The molecule has 0 saturated heterocycles. The number of aliphatic hydroxyl groups is 1. The molecule has 4 aromatic rings. The van der Waals surface area contributed by atoms with Crippen LogP contribution in [-0.2, 0) is 9.30 Å². The van der Waals surface area contributed by atoms with Crippen molar-refractivity contribution in [2.45, 2.75) is 6.29 Å². The molecule has 0 aliphatic rings. The Kier molecular flexibility index (Phi) is 3.91. The third-order valence-corrected chi connectivity index (χ3v) is 4.95. The fourth-order valence-electron chi connectivity index (χ4n) is 3.31. The van der Waals surface area contributed by atoms with E-state index in [0.717, 1.165) is 26.9 Å². The highest BCUT2D eigenvalue weighted by Crippen LogP contribution is 2.37. The normalized spacial score (nSPS) is 13.8. The number of hydrogen-bond acceptors (Lipinski definition) is 3. The van der Waals surface area contributed by atoms with Crippen molar-refractivity contribution in [2.75, 3.05) is 12.8 Å². The Labute approximate surface area is 139 Å². The minimum Gasteiger partial charge on any atom is -0.364 e. The van der Waals surface area contributed by atoms with Gasteiger partial charge in [-0.05, 0) is 36.9 Å². The number of rotatable bonds is 5. The SMILES string of the molecule is O=[P+](O)CCOC(O)c1ccc2ccc3cccc4ccc1c2c34. The molecule has 0 aliphatic carbocycles. The van der Waals surface area contributed by atoms with Crippen molar-refractivity contribution in [1.29, 1.82) is 0 Å². The topological polar surface area (TPSA) is 66.8 Å². The minimum atomic E-state index is -2.25. The zero-order valence-corrected chi connectivity index (χ0v) is 13.7. The fourth-order valence-corrected chi connectivity index (χ4v) is 3.57. The Balaban J connectivity index is 1.86. The van der Waals surface area contributed by atoms with Gasteiger partial charge in [0.15, 0.2) is 6.29 Å². The highest BCUT2D eigenvalue weighted by atomic mass is 31.1. The van der Waals surface area contributed by atoms with E-state index < -0.39 is 14.3 Å². The van der Waals surface area contributed by atoms with Crippen molar-refractivity contribution in [3.8, 4) is 0 Å². The second kappa shape index (κ2) is 6.08. The maximum Gasteiger partial charge on any atom is 0.507 e. The molecule has 120 valence electrons. The van der Waals surface area contributed by atoms with E-state index in [1.807, 2.05) is 30.3 Å². The van der Waals surface area contributed by atoms with Crippen LogP contribution >= 0.6 is 8.03 Å². The molecule has 0 radical (unpaired) electrons. The first-order valence-corrected chi connectivity index (χ1v) is 9.14. The maximum absolute atomic E-state index is 10.7. The lowest BCUT2D eigenvalue weighted by Gasteiger charge is -2.17. The predicted octanol–water partition coefficient (Wildman–Crippen LogP) is 4.33. The summed E-state index contributed by atoms with van der Waals surface area (Å²) in [5.74, 6) is 0. The predicted molar refractivity (Wildman–Crippen MR) is 95.8 cm³/mol. The van der Waals surface area contributed by atoms with Gasteiger partial charge in [0.2, 0.25) is 6.16 Å². The van der Waals surface area contributed by atoms with Crippen LogP contribution in [0.2, 0.25) is 0 Å². The van der Waals surface area contributed by atoms with Gasteiger partial charge in [-0.15, -0.1) is 0 Å². The molecule has 0 bridgehead atoms. The summed E-state index contributed by atoms with van der Waals surface area (Å²) in [4.78, 5) is 8.84. The first-order valence-electron chi connectivity index (χ1n) is 7.75. The van der Waals surface area contributed by atoms with Gasteiger partial charge >= 0.3 is 8.03 Å². The monoisotopic (exact) mass is 339 g/mol. The Bertz CT molecular complexity index is 1030. The van der Waals surface area contributed by atoms with E-state index in [2.05, 4.69) is 24.3 Å². The van der Waals surface area contributed by atoms with Crippen LogP contribution in [0.5, 0.6) is 0 Å². The second-order valence-corrected chi connectivity index (χ2v) is 6.96. The number of hydrogen-bond donors (Lipinski definition) is 2. The van der Waals surface area contributed by atoms with Crippen LogP contribution in [-0.4, -0.2) is 22.8 Å². The van der Waals surface area contributed by atoms with Crippen LogP contribution in [0.4, 0.5) is 0 Å². The Morgan fingerprint density at radius 3 is 2.25 bits per heavy atom. The van der Waals surface area contributed by atoms with Gasteiger partial charge < -0.3 is 9.84 Å². The lowest BCUT2D eigenvalue weighted by Crippen LogP contribution is -2.07. The van der Waals surface area contributed by atoms with Gasteiger partial charge in [-0.25, -0.2) is 0 Å². The van der Waals surface area contributed by atoms with Gasteiger partial charge in [-0.2, -0.15) is 4.89 Å². The molecule has 4 rings (SSSR count). The molecule has 4 nitrogen and oxygen atoms in total. The summed E-state index contributed by atoms with van der Waals surface area (Å²) in [6.45, 7) is 0.0366. The summed E-state index contributed by atoms with van der Waals surface area (Å²) >= 11 is 0. The average molecular weight is 339 g/mol. The smallest absolute Gasteiger partial charge is 0.364 e. The summed E-state index contributed by atoms with van der Waals surface area (Å²) in [7, 11) is -2.25. The molecule has 4 aromatic carbocycles. The van der Waals surface area contributed by atoms with E-state index in [0.29, 0.717) is 5.56 Å². The lowest BCUT2D eigenvalue weighted by molar-refractivity contribution is -0.0963. The molecule has 0 saturated carbocycles. The van der Waals surface area contributed by atoms with Gasteiger partial charge in [0.05, 0.1) is 6.61 Å². The zero-order chi connectivity index (χ0) is 16.7. The minimum absolute atomic E-state index is 0.0121. The Morgan fingerprint density at radius 1 is 0.917 bits per heavy atom. The van der Waals surface area contributed by atoms with Crippen LogP contribution in [0.1, 0.15) is 11.9 Å². The first kappa shape index (κ1) is 15.4. The zero-order valence-electron chi connectivity index (χ0n) is 12.8. The lowest BCUT2D eigenvalue weighted by atomic mass is 9.92. The van der Waals surface area contributed by atoms with Gasteiger partial charge in [0, 0.05) is 5.56 Å². The first-order chi connectivity index (χ1) is 11.6. The highest BCUT2D eigenvalue weighted by Gasteiger charge is 2.17. The van der Waals surface area contributed by atoms with E-state index in [-0.39, 0.29) is 12.8 Å². The van der Waals surface area contributed by atoms with E-state index in [4.69, 9.17) is 9.63 Å². The van der Waals surface area contributed by atoms with E-state index in [9.17, 15) is 9.67 Å². The molecule has 5 heteroatoms. The van der Waals surface area contributed by atoms with Crippen molar-refractivity contribution < 1.29 is 19.3 Å². The summed E-state index contributed by atoms with van der Waals surface area (Å²) in [5.41, 5.74) is 0.675. The van der Waals surface area contributed by atoms with Crippen LogP contribution < -0.4 is 0 Å². The molecule has 0 amide bonds. The van der Waals surface area contributed by atoms with Crippen molar-refractivity contribution in [2.24, 2.45) is 0 Å². The van der Waals surface area contributed by atoms with Crippen molar-refractivity contribution in [3.63, 3.8) is 0 Å². The summed E-state index contributed by atoms with van der Waals surface area (Å²) in [5, 5.41) is 17.0. The van der Waals surface area contributed by atoms with Crippen molar-refractivity contribution in [1.82, 2.24) is 0 Å². The third kappa shape index (κ3) is 2.54. The standard InChI is InChI=1S/C19H15O4P/c20-19(23-10-11-24(21)22)16-9-7-14-5-4-12-2-1-3-13-6-8-15(16)18(14)17(12)13/h1-9,19-20H,10-11H2/p+1. The van der Waals surface area contributed by atoms with Gasteiger partial charge in [0.1, 0.15) is 0 Å². The Morgan fingerprint density at radius 2 is 1.54 bits per heavy atom. The molecule has 2 N–H and O–H groups in total. The summed E-state index contributed by atoms with van der Waals surface area (Å²) in [6.07, 6.45) is -1.11.